The number of aliphatic hydroxyl groups is 2. The van der Waals surface area contributed by atoms with Crippen molar-refractivity contribution in [2.24, 2.45) is 11.8 Å². The van der Waals surface area contributed by atoms with E-state index in [4.69, 9.17) is 9.84 Å². The molecule has 0 amide bonds. The molecule has 0 spiro atoms. The number of rotatable bonds is 6. The highest BCUT2D eigenvalue weighted by molar-refractivity contribution is 6.08. The average molecular weight is 246 g/mol. The number of ether oxygens (including phenoxy) is 1. The topological polar surface area (TPSA) is 83.8 Å². The third-order valence-corrected chi connectivity index (χ3v) is 2.73. The molecule has 17 heavy (non-hydrogen) atoms. The molecule has 0 saturated carbocycles. The van der Waals surface area contributed by atoms with E-state index in [1.807, 2.05) is 0 Å². The van der Waals surface area contributed by atoms with Gasteiger partial charge >= 0.3 is 5.97 Å². The van der Waals surface area contributed by atoms with Crippen LogP contribution in [0.3, 0.4) is 0 Å². The molecular formula is C12H22O5. The Morgan fingerprint density at radius 1 is 1.18 bits per heavy atom. The van der Waals surface area contributed by atoms with Gasteiger partial charge in [0.2, 0.25) is 5.60 Å². The summed E-state index contributed by atoms with van der Waals surface area (Å²) in [6.07, 6.45) is -0.456. The van der Waals surface area contributed by atoms with Gasteiger partial charge in [0, 0.05) is 5.92 Å². The lowest BCUT2D eigenvalue weighted by molar-refractivity contribution is -0.179. The van der Waals surface area contributed by atoms with E-state index in [0.717, 1.165) is 0 Å². The molecule has 1 unspecified atom stereocenters. The first-order chi connectivity index (χ1) is 7.66. The lowest BCUT2D eigenvalue weighted by Crippen LogP contribution is -2.54. The van der Waals surface area contributed by atoms with Gasteiger partial charge in [0.1, 0.15) is 0 Å². The Hall–Kier alpha value is -0.940. The average Bonchev–Trinajstić information content (AvgIpc) is 2.24. The molecule has 0 aliphatic carbocycles. The fourth-order valence-corrected chi connectivity index (χ4v) is 1.23. The Bertz CT molecular complexity index is 285. The van der Waals surface area contributed by atoms with Crippen molar-refractivity contribution in [1.29, 1.82) is 0 Å². The Morgan fingerprint density at radius 2 is 1.65 bits per heavy atom. The Labute approximate surface area is 102 Å². The fraction of sp³-hybridized carbons (Fsp3) is 0.833. The summed E-state index contributed by atoms with van der Waals surface area (Å²) in [4.78, 5) is 23.6. The molecule has 2 atom stereocenters. The molecule has 0 aromatic heterocycles. The summed E-state index contributed by atoms with van der Waals surface area (Å²) in [7, 11) is 0. The third-order valence-electron chi connectivity index (χ3n) is 2.73. The van der Waals surface area contributed by atoms with Gasteiger partial charge in [-0.3, -0.25) is 4.79 Å². The van der Waals surface area contributed by atoms with Crippen LogP contribution >= 0.6 is 0 Å². The van der Waals surface area contributed by atoms with Gasteiger partial charge in [0.05, 0.1) is 12.7 Å². The van der Waals surface area contributed by atoms with Gasteiger partial charge in [-0.15, -0.1) is 0 Å². The number of hydrogen-bond acceptors (Lipinski definition) is 5. The Balaban J connectivity index is 5.01. The van der Waals surface area contributed by atoms with Crippen LogP contribution in [0.4, 0.5) is 0 Å². The summed E-state index contributed by atoms with van der Waals surface area (Å²) < 4.78 is 4.79. The SMILES string of the molecule is CC(C)OC(=O)C(O)(CO)C(=O)[C@H](C)C(C)C. The van der Waals surface area contributed by atoms with Crippen LogP contribution in [-0.4, -0.2) is 40.3 Å². The standard InChI is InChI=1S/C12H22O5/c1-7(2)9(5)10(14)12(16,6-13)11(15)17-8(3)4/h7-9,13,16H,6H2,1-5H3/t9-,12?/m1/s1. The van der Waals surface area contributed by atoms with Crippen LogP contribution in [-0.2, 0) is 14.3 Å². The summed E-state index contributed by atoms with van der Waals surface area (Å²) in [6, 6.07) is 0. The molecule has 5 heteroatoms. The smallest absolute Gasteiger partial charge is 0.348 e. The molecule has 0 rings (SSSR count). The fourth-order valence-electron chi connectivity index (χ4n) is 1.23. The maximum atomic E-state index is 11.9. The van der Waals surface area contributed by atoms with Crippen LogP contribution in [0.1, 0.15) is 34.6 Å². The number of esters is 1. The van der Waals surface area contributed by atoms with Gasteiger partial charge < -0.3 is 14.9 Å². The van der Waals surface area contributed by atoms with Crippen LogP contribution < -0.4 is 0 Å². The van der Waals surface area contributed by atoms with E-state index in [1.54, 1.807) is 34.6 Å². The van der Waals surface area contributed by atoms with Gasteiger partial charge in [-0.25, -0.2) is 4.79 Å². The predicted octanol–water partition coefficient (Wildman–Crippen LogP) is 0.523. The van der Waals surface area contributed by atoms with Crippen molar-refractivity contribution in [3.05, 3.63) is 0 Å². The number of hydrogen-bond donors (Lipinski definition) is 2. The van der Waals surface area contributed by atoms with Crippen molar-refractivity contribution in [2.45, 2.75) is 46.3 Å². The minimum Gasteiger partial charge on any atom is -0.460 e. The first-order valence-corrected chi connectivity index (χ1v) is 5.75. The second-order valence-electron chi connectivity index (χ2n) is 4.87. The first-order valence-electron chi connectivity index (χ1n) is 5.75. The molecule has 0 bridgehead atoms. The molecule has 100 valence electrons. The zero-order valence-corrected chi connectivity index (χ0v) is 11.1. The highest BCUT2D eigenvalue weighted by atomic mass is 16.6. The van der Waals surface area contributed by atoms with E-state index in [9.17, 15) is 14.7 Å². The molecule has 0 aromatic rings. The number of carbonyl (C=O) groups excluding carboxylic acids is 2. The quantitative estimate of drug-likeness (QED) is 0.527. The zero-order valence-electron chi connectivity index (χ0n) is 11.1. The predicted molar refractivity (Wildman–Crippen MR) is 62.3 cm³/mol. The van der Waals surface area contributed by atoms with Crippen LogP contribution in [0.5, 0.6) is 0 Å². The van der Waals surface area contributed by atoms with Gasteiger partial charge in [-0.05, 0) is 19.8 Å². The van der Waals surface area contributed by atoms with E-state index in [1.165, 1.54) is 0 Å². The molecule has 0 radical (unpaired) electrons. The van der Waals surface area contributed by atoms with Crippen molar-refractivity contribution in [2.75, 3.05) is 6.61 Å². The number of ketones is 1. The van der Waals surface area contributed by atoms with Gasteiger partial charge in [0.15, 0.2) is 5.78 Å². The van der Waals surface area contributed by atoms with Gasteiger partial charge in [-0.1, -0.05) is 20.8 Å². The molecule has 0 aromatic carbocycles. The van der Waals surface area contributed by atoms with Gasteiger partial charge in [0.25, 0.3) is 0 Å². The van der Waals surface area contributed by atoms with Crippen molar-refractivity contribution >= 4 is 11.8 Å². The lowest BCUT2D eigenvalue weighted by Gasteiger charge is -2.27. The minimum absolute atomic E-state index is 0.0348. The Morgan fingerprint density at radius 3 is 1.94 bits per heavy atom. The van der Waals surface area contributed by atoms with Crippen LogP contribution in [0.2, 0.25) is 0 Å². The number of aliphatic hydroxyl groups excluding tert-OH is 1. The maximum Gasteiger partial charge on any atom is 0.348 e. The van der Waals surface area contributed by atoms with Crippen LogP contribution in [0, 0.1) is 11.8 Å². The molecule has 0 heterocycles. The second-order valence-corrected chi connectivity index (χ2v) is 4.87. The molecule has 0 saturated heterocycles. The molecule has 2 N–H and O–H groups in total. The number of carbonyl (C=O) groups is 2. The van der Waals surface area contributed by atoms with Crippen molar-refractivity contribution in [1.82, 2.24) is 0 Å². The van der Waals surface area contributed by atoms with Gasteiger partial charge in [-0.2, -0.15) is 0 Å². The zero-order chi connectivity index (χ0) is 13.8. The summed E-state index contributed by atoms with van der Waals surface area (Å²) in [5.41, 5.74) is -2.45. The third kappa shape index (κ3) is 3.78. The summed E-state index contributed by atoms with van der Waals surface area (Å²) in [5.74, 6) is -2.37. The van der Waals surface area contributed by atoms with E-state index in [0.29, 0.717) is 0 Å². The molecular weight excluding hydrogens is 224 g/mol. The van der Waals surface area contributed by atoms with E-state index in [-0.39, 0.29) is 5.92 Å². The van der Waals surface area contributed by atoms with Crippen LogP contribution in [0.25, 0.3) is 0 Å². The number of Topliss-reactive ketones (excluding diaryl/α,β-unsaturated/α-hetero) is 1. The highest BCUT2D eigenvalue weighted by Crippen LogP contribution is 2.20. The largest absolute Gasteiger partial charge is 0.460 e. The molecule has 0 aliphatic heterocycles. The molecule has 5 nitrogen and oxygen atoms in total. The Kier molecular flexibility index (Phi) is 5.78. The minimum atomic E-state index is -2.45. The second kappa shape index (κ2) is 6.12. The van der Waals surface area contributed by atoms with E-state index >= 15 is 0 Å². The van der Waals surface area contributed by atoms with Crippen molar-refractivity contribution < 1.29 is 24.5 Å². The lowest BCUT2D eigenvalue weighted by atomic mass is 9.84. The normalized spacial score (nSPS) is 16.8. The van der Waals surface area contributed by atoms with Crippen molar-refractivity contribution in [3.8, 4) is 0 Å². The summed E-state index contributed by atoms with van der Waals surface area (Å²) >= 11 is 0. The highest BCUT2D eigenvalue weighted by Gasteiger charge is 2.47. The van der Waals surface area contributed by atoms with Crippen LogP contribution in [0.15, 0.2) is 0 Å². The van der Waals surface area contributed by atoms with E-state index in [2.05, 4.69) is 0 Å². The maximum absolute atomic E-state index is 11.9. The molecule has 0 aliphatic rings. The summed E-state index contributed by atoms with van der Waals surface area (Å²) in [6.45, 7) is 7.45. The monoisotopic (exact) mass is 246 g/mol. The summed E-state index contributed by atoms with van der Waals surface area (Å²) in [5, 5.41) is 19.0. The van der Waals surface area contributed by atoms with Crippen molar-refractivity contribution in [3.63, 3.8) is 0 Å². The molecule has 0 fully saturated rings. The van der Waals surface area contributed by atoms with E-state index < -0.39 is 36.0 Å². The first kappa shape index (κ1) is 16.1.